The van der Waals surface area contributed by atoms with Gasteiger partial charge in [-0.2, -0.15) is 0 Å². The van der Waals surface area contributed by atoms with Crippen molar-refractivity contribution in [1.29, 1.82) is 0 Å². The Morgan fingerprint density at radius 2 is 1.88 bits per heavy atom. The Kier molecular flexibility index (Phi) is 6.69. The van der Waals surface area contributed by atoms with E-state index in [2.05, 4.69) is 20.9 Å². The second-order valence-electron chi connectivity index (χ2n) is 8.00. The van der Waals surface area contributed by atoms with Crippen LogP contribution >= 0.6 is 15.9 Å². The molecule has 7 nitrogen and oxygen atoms in total. The Morgan fingerprint density at radius 3 is 2.48 bits per heavy atom. The van der Waals surface area contributed by atoms with Gasteiger partial charge in [0.25, 0.3) is 0 Å². The van der Waals surface area contributed by atoms with Crippen molar-refractivity contribution in [2.24, 2.45) is 5.92 Å². The predicted octanol–water partition coefficient (Wildman–Crippen LogP) is 3.52. The Bertz CT molecular complexity index is 1120. The number of aliphatic hydroxyl groups is 2. The van der Waals surface area contributed by atoms with E-state index in [9.17, 15) is 20.1 Å². The molecule has 2 aromatic carbocycles. The van der Waals surface area contributed by atoms with Crippen molar-refractivity contribution in [3.05, 3.63) is 88.2 Å². The zero-order valence-electron chi connectivity index (χ0n) is 17.9. The predicted molar refractivity (Wildman–Crippen MR) is 124 cm³/mol. The number of fused-ring (bicyclic) bond motifs is 1. The van der Waals surface area contributed by atoms with Crippen LogP contribution in [0.3, 0.4) is 0 Å². The molecule has 4 rings (SSSR count). The summed E-state index contributed by atoms with van der Waals surface area (Å²) in [6, 6.07) is 16.5. The first kappa shape index (κ1) is 23.2. The van der Waals surface area contributed by atoms with Gasteiger partial charge in [0.15, 0.2) is 0 Å². The van der Waals surface area contributed by atoms with E-state index in [-0.39, 0.29) is 6.42 Å². The minimum absolute atomic E-state index is 0.289. The number of halogens is 1. The molecule has 4 atom stereocenters. The van der Waals surface area contributed by atoms with E-state index in [0.717, 1.165) is 15.6 Å². The number of methoxy groups -OCH3 is 1. The number of nitrogens with zero attached hydrogens (tertiary/aromatic N) is 1. The van der Waals surface area contributed by atoms with Gasteiger partial charge in [-0.25, -0.2) is 0 Å². The fourth-order valence-electron chi connectivity index (χ4n) is 4.70. The van der Waals surface area contributed by atoms with Crippen LogP contribution in [0.1, 0.15) is 22.6 Å². The maximum Gasteiger partial charge on any atom is 0.310 e. The highest BCUT2D eigenvalue weighted by Crippen LogP contribution is 2.54. The van der Waals surface area contributed by atoms with Gasteiger partial charge in [-0.3, -0.25) is 9.78 Å². The summed E-state index contributed by atoms with van der Waals surface area (Å²) < 4.78 is 13.0. The topological polar surface area (TPSA) is 109 Å². The second-order valence-corrected chi connectivity index (χ2v) is 8.91. The van der Waals surface area contributed by atoms with Crippen molar-refractivity contribution in [3.8, 4) is 11.5 Å². The Balaban J connectivity index is 1.99. The molecule has 0 saturated heterocycles. The summed E-state index contributed by atoms with van der Waals surface area (Å²) in [7, 11) is 1.54. The van der Waals surface area contributed by atoms with Gasteiger partial charge >= 0.3 is 5.97 Å². The second kappa shape index (κ2) is 9.51. The molecule has 8 heteroatoms. The molecule has 0 saturated carbocycles. The van der Waals surface area contributed by atoms with Crippen LogP contribution in [0.25, 0.3) is 0 Å². The maximum atomic E-state index is 12.5. The van der Waals surface area contributed by atoms with Crippen LogP contribution in [0.5, 0.6) is 11.5 Å². The number of benzene rings is 2. The Labute approximate surface area is 199 Å². The highest BCUT2D eigenvalue weighted by molar-refractivity contribution is 9.10. The molecule has 0 fully saturated rings. The van der Waals surface area contributed by atoms with E-state index < -0.39 is 36.1 Å². The summed E-state index contributed by atoms with van der Waals surface area (Å²) in [5, 5.41) is 30.6. The normalized spacial score (nSPS) is 19.8. The molecule has 2 heterocycles. The lowest BCUT2D eigenvalue weighted by molar-refractivity contribution is -0.152. The van der Waals surface area contributed by atoms with Gasteiger partial charge in [-0.15, -0.1) is 0 Å². The molecule has 0 spiro atoms. The molecular formula is C25H24BrNO6. The van der Waals surface area contributed by atoms with Crippen LogP contribution < -0.4 is 9.47 Å². The van der Waals surface area contributed by atoms with E-state index in [1.54, 1.807) is 19.5 Å². The summed E-state index contributed by atoms with van der Waals surface area (Å²) in [6.45, 7) is -0.700. The zero-order chi connectivity index (χ0) is 23.6. The first-order valence-electron chi connectivity index (χ1n) is 10.4. The van der Waals surface area contributed by atoms with E-state index in [0.29, 0.717) is 17.1 Å². The van der Waals surface area contributed by atoms with E-state index in [1.807, 2.05) is 54.6 Å². The minimum Gasteiger partial charge on any atom is -0.495 e. The summed E-state index contributed by atoms with van der Waals surface area (Å²) >= 11 is 3.45. The summed E-state index contributed by atoms with van der Waals surface area (Å²) in [6.07, 6.45) is 1.96. The van der Waals surface area contributed by atoms with Gasteiger partial charge in [-0.05, 0) is 23.3 Å². The molecule has 3 aromatic rings. The molecule has 0 unspecified atom stereocenters. The quantitative estimate of drug-likeness (QED) is 0.422. The molecule has 0 amide bonds. The molecule has 0 aliphatic carbocycles. The average molecular weight is 514 g/mol. The van der Waals surface area contributed by atoms with Gasteiger partial charge in [0, 0.05) is 22.4 Å². The van der Waals surface area contributed by atoms with Crippen molar-refractivity contribution in [1.82, 2.24) is 4.98 Å². The van der Waals surface area contributed by atoms with E-state index in [1.165, 1.54) is 0 Å². The summed E-state index contributed by atoms with van der Waals surface area (Å²) in [5.41, 5.74) is 0.952. The van der Waals surface area contributed by atoms with Crippen molar-refractivity contribution in [2.75, 3.05) is 13.7 Å². The van der Waals surface area contributed by atoms with Gasteiger partial charge in [-0.1, -0.05) is 58.4 Å². The number of pyridine rings is 1. The smallest absolute Gasteiger partial charge is 0.310 e. The molecule has 1 aliphatic heterocycles. The lowest BCUT2D eigenvalue weighted by Crippen LogP contribution is -2.48. The monoisotopic (exact) mass is 513 g/mol. The van der Waals surface area contributed by atoms with Crippen LogP contribution in [-0.4, -0.2) is 46.1 Å². The van der Waals surface area contributed by atoms with E-state index in [4.69, 9.17) is 9.47 Å². The molecule has 3 N–H and O–H groups in total. The first-order valence-corrected chi connectivity index (χ1v) is 11.2. The van der Waals surface area contributed by atoms with Crippen molar-refractivity contribution in [3.63, 3.8) is 0 Å². The number of hydrogen-bond acceptors (Lipinski definition) is 6. The van der Waals surface area contributed by atoms with Crippen molar-refractivity contribution in [2.45, 2.75) is 24.0 Å². The third-order valence-corrected chi connectivity index (χ3v) is 6.70. The first-order chi connectivity index (χ1) is 15.9. The minimum atomic E-state index is -1.51. The maximum absolute atomic E-state index is 12.5. The number of aliphatic hydroxyl groups excluding tert-OH is 2. The Morgan fingerprint density at radius 1 is 1.18 bits per heavy atom. The third-order valence-electron chi connectivity index (χ3n) is 6.17. The van der Waals surface area contributed by atoms with Gasteiger partial charge in [0.1, 0.15) is 17.1 Å². The summed E-state index contributed by atoms with van der Waals surface area (Å²) in [5.74, 6) is -2.41. The molecule has 0 radical (unpaired) electrons. The third kappa shape index (κ3) is 4.21. The number of carbonyl (C=O) groups is 1. The molecular weight excluding hydrogens is 490 g/mol. The molecule has 0 bridgehead atoms. The van der Waals surface area contributed by atoms with Crippen LogP contribution in [0.4, 0.5) is 0 Å². The standard InChI is InChI=1S/C25H24BrNO6/c1-32-20-12-27-13-21-18(20)11-25(33-21,16-7-9-17(26)10-8-16)23(15-5-3-2-4-6-15)22(24(30)31)19(29)14-28/h2-10,12-13,19,22-23,28-29H,11,14H2,1H3,(H,30,31)/t19-,22-,23+,25-/m0/s1. The van der Waals surface area contributed by atoms with Gasteiger partial charge in [0.05, 0.1) is 38.1 Å². The van der Waals surface area contributed by atoms with Crippen molar-refractivity contribution < 1.29 is 29.6 Å². The number of ether oxygens (including phenoxy) is 2. The summed E-state index contributed by atoms with van der Waals surface area (Å²) in [4.78, 5) is 16.7. The largest absolute Gasteiger partial charge is 0.495 e. The number of rotatable bonds is 8. The lowest BCUT2D eigenvalue weighted by Gasteiger charge is -2.41. The van der Waals surface area contributed by atoms with E-state index >= 15 is 0 Å². The van der Waals surface area contributed by atoms with Crippen LogP contribution in [-0.2, 0) is 16.8 Å². The molecule has 172 valence electrons. The van der Waals surface area contributed by atoms with Crippen LogP contribution in [0, 0.1) is 5.92 Å². The number of aromatic nitrogens is 1. The van der Waals surface area contributed by atoms with Gasteiger partial charge < -0.3 is 24.8 Å². The fraction of sp³-hybridized carbons (Fsp3) is 0.280. The SMILES string of the molecule is COc1cncc2c1C[C@](c1ccc(Br)cc1)([C@H](c1ccccc1)[C@@H](C(=O)O)[C@@H](O)CO)O2. The number of carboxylic acids is 1. The molecule has 1 aromatic heterocycles. The Hall–Kier alpha value is -2.94. The fourth-order valence-corrected chi connectivity index (χ4v) is 4.96. The highest BCUT2D eigenvalue weighted by atomic mass is 79.9. The lowest BCUT2D eigenvalue weighted by atomic mass is 9.67. The molecule has 33 heavy (non-hydrogen) atoms. The average Bonchev–Trinajstić information content (AvgIpc) is 3.23. The van der Waals surface area contributed by atoms with Gasteiger partial charge in [0.2, 0.25) is 0 Å². The number of aliphatic carboxylic acids is 1. The van der Waals surface area contributed by atoms with Crippen LogP contribution in [0.15, 0.2) is 71.5 Å². The van der Waals surface area contributed by atoms with Crippen LogP contribution in [0.2, 0.25) is 0 Å². The van der Waals surface area contributed by atoms with Crippen molar-refractivity contribution >= 4 is 21.9 Å². The number of carboxylic acid groups (broad SMARTS) is 1. The zero-order valence-corrected chi connectivity index (χ0v) is 19.5. The highest BCUT2D eigenvalue weighted by Gasteiger charge is 2.55. The molecule has 1 aliphatic rings. The number of hydrogen-bond donors (Lipinski definition) is 3.